The minimum Gasteiger partial charge on any atom is -0.486 e. The Hall–Kier alpha value is -2.85. The number of aryl methyl sites for hydroxylation is 2. The number of rotatable bonds is 9. The summed E-state index contributed by atoms with van der Waals surface area (Å²) in [5, 5.41) is 12.5. The average Bonchev–Trinajstić information content (AvgIpc) is 3.40. The van der Waals surface area contributed by atoms with Crippen molar-refractivity contribution >= 4 is 40.0 Å². The maximum absolute atomic E-state index is 12.7. The number of thiophene rings is 1. The van der Waals surface area contributed by atoms with E-state index in [9.17, 15) is 9.59 Å². The lowest BCUT2D eigenvalue weighted by Crippen LogP contribution is -2.17. The van der Waals surface area contributed by atoms with Crippen molar-refractivity contribution in [3.63, 3.8) is 0 Å². The second kappa shape index (κ2) is 11.1. The first-order valence-electron chi connectivity index (χ1n) is 11.3. The maximum Gasteiger partial charge on any atom is 0.341 e. The number of nitrogens with one attached hydrogen (secondary N) is 1. The van der Waals surface area contributed by atoms with Crippen molar-refractivity contribution in [1.29, 1.82) is 0 Å². The number of hydrogen-bond donors (Lipinski definition) is 1. The van der Waals surface area contributed by atoms with Crippen molar-refractivity contribution < 1.29 is 19.1 Å². The second-order valence-corrected chi connectivity index (χ2v) is 10.0. The SMILES string of the molecule is CCc1ccc(OCc2nnc(SCC(=O)Nc3sc4c(c3C(=O)OC)CCCC4)n2C)cc1. The van der Waals surface area contributed by atoms with Crippen LogP contribution in [0.3, 0.4) is 0 Å². The molecule has 1 aromatic carbocycles. The molecule has 0 fully saturated rings. The van der Waals surface area contributed by atoms with Crippen LogP contribution in [0.15, 0.2) is 29.4 Å². The highest BCUT2D eigenvalue weighted by Crippen LogP contribution is 2.38. The van der Waals surface area contributed by atoms with E-state index in [1.165, 1.54) is 35.8 Å². The monoisotopic (exact) mass is 500 g/mol. The van der Waals surface area contributed by atoms with Crippen molar-refractivity contribution in [2.24, 2.45) is 7.05 Å². The Morgan fingerprint density at radius 1 is 1.18 bits per heavy atom. The van der Waals surface area contributed by atoms with Crippen LogP contribution in [0, 0.1) is 0 Å². The Morgan fingerprint density at radius 3 is 2.68 bits per heavy atom. The quantitative estimate of drug-likeness (QED) is 0.343. The van der Waals surface area contributed by atoms with Crippen molar-refractivity contribution in [3.05, 3.63) is 51.7 Å². The molecule has 1 N–H and O–H groups in total. The molecule has 3 aromatic rings. The number of anilines is 1. The third-order valence-electron chi connectivity index (χ3n) is 5.77. The molecule has 10 heteroatoms. The van der Waals surface area contributed by atoms with Crippen LogP contribution in [0.1, 0.15) is 52.0 Å². The van der Waals surface area contributed by atoms with Crippen LogP contribution in [0.25, 0.3) is 0 Å². The summed E-state index contributed by atoms with van der Waals surface area (Å²) in [7, 11) is 3.22. The number of carbonyl (C=O) groups is 2. The number of fused-ring (bicyclic) bond motifs is 1. The molecular weight excluding hydrogens is 472 g/mol. The first-order valence-corrected chi connectivity index (χ1v) is 13.1. The minimum atomic E-state index is -0.398. The summed E-state index contributed by atoms with van der Waals surface area (Å²) in [6.45, 7) is 2.39. The molecule has 0 atom stereocenters. The standard InChI is InChI=1S/C24H28N4O4S2/c1-4-15-9-11-16(12-10-15)32-13-19-26-27-24(28(19)2)33-14-20(29)25-22-21(23(30)31-3)17-7-5-6-8-18(17)34-22/h9-12H,4-8,13-14H2,1-3H3,(H,25,29). The molecule has 0 unspecified atom stereocenters. The molecular formula is C24H28N4O4S2. The fourth-order valence-corrected chi connectivity index (χ4v) is 5.85. The van der Waals surface area contributed by atoms with E-state index in [2.05, 4.69) is 22.4 Å². The fourth-order valence-electron chi connectivity index (χ4n) is 3.83. The van der Waals surface area contributed by atoms with Crippen molar-refractivity contribution in [2.45, 2.75) is 50.8 Å². The predicted molar refractivity (Wildman–Crippen MR) is 133 cm³/mol. The first kappa shape index (κ1) is 24.3. The largest absolute Gasteiger partial charge is 0.486 e. The van der Waals surface area contributed by atoms with E-state index >= 15 is 0 Å². The molecule has 1 aliphatic carbocycles. The Balaban J connectivity index is 1.35. The third kappa shape index (κ3) is 5.44. The van der Waals surface area contributed by atoms with Crippen LogP contribution in [0.4, 0.5) is 5.00 Å². The molecule has 180 valence electrons. The molecule has 2 aromatic heterocycles. The summed E-state index contributed by atoms with van der Waals surface area (Å²) >= 11 is 2.76. The van der Waals surface area contributed by atoms with Crippen molar-refractivity contribution in [2.75, 3.05) is 18.2 Å². The lowest BCUT2D eigenvalue weighted by molar-refractivity contribution is -0.113. The van der Waals surface area contributed by atoms with Crippen molar-refractivity contribution in [3.8, 4) is 5.75 Å². The summed E-state index contributed by atoms with van der Waals surface area (Å²) in [5.74, 6) is 0.986. The Bertz CT molecular complexity index is 1170. The smallest absolute Gasteiger partial charge is 0.341 e. The summed E-state index contributed by atoms with van der Waals surface area (Å²) < 4.78 is 12.6. The zero-order chi connectivity index (χ0) is 24.1. The Labute approximate surface area is 207 Å². The molecule has 0 saturated heterocycles. The van der Waals surface area contributed by atoms with Gasteiger partial charge in [-0.05, 0) is 55.4 Å². The summed E-state index contributed by atoms with van der Waals surface area (Å²) in [5.41, 5.74) is 2.78. The highest BCUT2D eigenvalue weighted by molar-refractivity contribution is 7.99. The number of methoxy groups -OCH3 is 1. The molecule has 0 saturated carbocycles. The number of hydrogen-bond acceptors (Lipinski definition) is 8. The lowest BCUT2D eigenvalue weighted by atomic mass is 9.95. The predicted octanol–water partition coefficient (Wildman–Crippen LogP) is 4.41. The summed E-state index contributed by atoms with van der Waals surface area (Å²) in [6, 6.07) is 7.98. The van der Waals surface area contributed by atoms with Gasteiger partial charge in [0.15, 0.2) is 11.0 Å². The van der Waals surface area contributed by atoms with Gasteiger partial charge in [0.05, 0.1) is 18.4 Å². The molecule has 0 bridgehead atoms. The summed E-state index contributed by atoms with van der Waals surface area (Å²) in [6.07, 6.45) is 4.89. The van der Waals surface area contributed by atoms with E-state index in [0.29, 0.717) is 21.5 Å². The van der Waals surface area contributed by atoms with Gasteiger partial charge < -0.3 is 19.4 Å². The molecule has 0 spiro atoms. The number of carbonyl (C=O) groups excluding carboxylic acids is 2. The van der Waals surface area contributed by atoms with Gasteiger partial charge in [-0.2, -0.15) is 0 Å². The van der Waals surface area contributed by atoms with Gasteiger partial charge in [-0.1, -0.05) is 30.8 Å². The average molecular weight is 501 g/mol. The van der Waals surface area contributed by atoms with Gasteiger partial charge in [-0.25, -0.2) is 4.79 Å². The van der Waals surface area contributed by atoms with Gasteiger partial charge in [-0.15, -0.1) is 21.5 Å². The van der Waals surface area contributed by atoms with Gasteiger partial charge in [0.25, 0.3) is 0 Å². The minimum absolute atomic E-state index is 0.147. The zero-order valence-electron chi connectivity index (χ0n) is 19.6. The highest BCUT2D eigenvalue weighted by Gasteiger charge is 2.27. The number of amides is 1. The van der Waals surface area contributed by atoms with E-state index in [1.54, 1.807) is 0 Å². The van der Waals surface area contributed by atoms with Crippen LogP contribution in [-0.2, 0) is 42.4 Å². The molecule has 8 nitrogen and oxygen atoms in total. The molecule has 1 aliphatic rings. The van der Waals surface area contributed by atoms with Gasteiger partial charge in [-0.3, -0.25) is 4.79 Å². The maximum atomic E-state index is 12.7. The third-order valence-corrected chi connectivity index (χ3v) is 8.00. The molecule has 1 amide bonds. The van der Waals surface area contributed by atoms with Gasteiger partial charge in [0.2, 0.25) is 5.91 Å². The van der Waals surface area contributed by atoms with Crippen LogP contribution in [0.5, 0.6) is 5.75 Å². The van der Waals surface area contributed by atoms with E-state index in [4.69, 9.17) is 9.47 Å². The van der Waals surface area contributed by atoms with Crippen molar-refractivity contribution in [1.82, 2.24) is 14.8 Å². The first-order chi connectivity index (χ1) is 16.5. The van der Waals surface area contributed by atoms with E-state index in [0.717, 1.165) is 48.3 Å². The molecule has 4 rings (SSSR count). The number of nitrogens with zero attached hydrogens (tertiary/aromatic N) is 3. The van der Waals surface area contributed by atoms with E-state index in [1.807, 2.05) is 35.9 Å². The van der Waals surface area contributed by atoms with E-state index in [-0.39, 0.29) is 18.3 Å². The van der Waals surface area contributed by atoms with Gasteiger partial charge in [0, 0.05) is 11.9 Å². The summed E-state index contributed by atoms with van der Waals surface area (Å²) in [4.78, 5) is 26.2. The zero-order valence-corrected chi connectivity index (χ0v) is 21.2. The van der Waals surface area contributed by atoms with Crippen LogP contribution < -0.4 is 10.1 Å². The van der Waals surface area contributed by atoms with Gasteiger partial charge in [0.1, 0.15) is 17.4 Å². The number of thioether (sulfide) groups is 1. The number of esters is 1. The van der Waals surface area contributed by atoms with E-state index < -0.39 is 5.97 Å². The van der Waals surface area contributed by atoms with Crippen LogP contribution >= 0.6 is 23.1 Å². The number of ether oxygens (including phenoxy) is 2. The normalized spacial score (nSPS) is 12.8. The fraction of sp³-hybridized carbons (Fsp3) is 0.417. The second-order valence-electron chi connectivity index (χ2n) is 7.99. The van der Waals surface area contributed by atoms with Crippen LogP contribution in [-0.4, -0.2) is 39.5 Å². The Morgan fingerprint density at radius 2 is 1.94 bits per heavy atom. The number of aromatic nitrogens is 3. The Kier molecular flexibility index (Phi) is 7.89. The van der Waals surface area contributed by atoms with Gasteiger partial charge >= 0.3 is 5.97 Å². The van der Waals surface area contributed by atoms with Crippen LogP contribution in [0.2, 0.25) is 0 Å². The molecule has 0 aliphatic heterocycles. The molecule has 0 radical (unpaired) electrons. The lowest BCUT2D eigenvalue weighted by Gasteiger charge is -2.11. The number of benzene rings is 1. The highest BCUT2D eigenvalue weighted by atomic mass is 32.2. The molecule has 2 heterocycles. The molecule has 34 heavy (non-hydrogen) atoms. The topological polar surface area (TPSA) is 95.3 Å².